The predicted molar refractivity (Wildman–Crippen MR) is 215 cm³/mol. The maximum absolute atomic E-state index is 13.7. The van der Waals surface area contributed by atoms with Crippen LogP contribution >= 0.6 is 11.6 Å². The molecule has 12 heteroatoms. The number of halogens is 1. The lowest BCUT2D eigenvalue weighted by molar-refractivity contribution is -0.129. The third kappa shape index (κ3) is 13.9. The van der Waals surface area contributed by atoms with Crippen LogP contribution in [0.25, 0.3) is 12.2 Å². The third-order valence-electron chi connectivity index (χ3n) is 9.38. The zero-order valence-corrected chi connectivity index (χ0v) is 32.6. The number of amides is 3. The number of carbonyl (C=O) groups is 3. The Hall–Kier alpha value is -4.19. The average Bonchev–Trinajstić information content (AvgIpc) is 3.44. The van der Waals surface area contributed by atoms with Gasteiger partial charge in [-0.2, -0.15) is 0 Å². The number of benzene rings is 2. The molecule has 1 heterocycles. The molecule has 2 aromatic rings. The van der Waals surface area contributed by atoms with Crippen LogP contribution in [0.15, 0.2) is 65.3 Å². The molecule has 1 aliphatic heterocycles. The van der Waals surface area contributed by atoms with Gasteiger partial charge < -0.3 is 29.9 Å². The van der Waals surface area contributed by atoms with E-state index in [4.69, 9.17) is 21.1 Å². The second-order valence-corrected chi connectivity index (χ2v) is 14.3. The Morgan fingerprint density at radius 2 is 1.42 bits per heavy atom. The van der Waals surface area contributed by atoms with Gasteiger partial charge in [0.05, 0.1) is 19.8 Å². The summed E-state index contributed by atoms with van der Waals surface area (Å²) in [7, 11) is 7.93. The van der Waals surface area contributed by atoms with E-state index in [1.165, 1.54) is 4.90 Å². The van der Waals surface area contributed by atoms with Crippen molar-refractivity contribution in [3.8, 4) is 0 Å². The molecule has 0 atom stereocenters. The third-order valence-corrected chi connectivity index (χ3v) is 9.65. The Bertz CT molecular complexity index is 1550. The van der Waals surface area contributed by atoms with E-state index < -0.39 is 0 Å². The van der Waals surface area contributed by atoms with Crippen LogP contribution in [0.5, 0.6) is 0 Å². The highest BCUT2D eigenvalue weighted by molar-refractivity contribution is 6.19. The summed E-state index contributed by atoms with van der Waals surface area (Å²) in [5.74, 6) is 0.460. The monoisotopic (exact) mass is 748 g/mol. The highest BCUT2D eigenvalue weighted by atomic mass is 35.5. The summed E-state index contributed by atoms with van der Waals surface area (Å²) in [5.41, 5.74) is 4.19. The van der Waals surface area contributed by atoms with Crippen LogP contribution in [0.1, 0.15) is 62.5 Å². The number of alkyl halides is 1. The standard InChI is InChI=1S/C41H57ClN6O5/c1-46(2)35-18-9-31(10-19-35)13-22-38-45-37(29-32-11-20-36(21-12-32)47(3)4)41(51)48(38)30-39(49)44-34-16-14-33(15-17-34)40(50)43-24-26-53-28-27-52-25-8-6-5-7-23-42/h9-13,18-22,29,33-34H,5-8,14-17,23-28,30H2,1-4H3,(H,43,50)(H,44,49)/b22-13+,37-29-. The number of rotatable bonds is 21. The predicted octanol–water partition coefficient (Wildman–Crippen LogP) is 5.74. The molecule has 1 aliphatic carbocycles. The average molecular weight is 749 g/mol. The van der Waals surface area contributed by atoms with E-state index >= 15 is 0 Å². The number of carbonyl (C=O) groups excluding carboxylic acids is 3. The second kappa shape index (κ2) is 22.1. The first-order valence-electron chi connectivity index (χ1n) is 18.8. The Kier molecular flexibility index (Phi) is 17.4. The van der Waals surface area contributed by atoms with Crippen molar-refractivity contribution in [3.63, 3.8) is 0 Å². The van der Waals surface area contributed by atoms with E-state index in [-0.39, 0.29) is 41.9 Å². The topological polar surface area (TPSA) is 116 Å². The van der Waals surface area contributed by atoms with E-state index in [0.29, 0.717) is 63.8 Å². The van der Waals surface area contributed by atoms with Gasteiger partial charge in [-0.1, -0.05) is 43.2 Å². The number of nitrogens with one attached hydrogen (secondary N) is 2. The van der Waals surface area contributed by atoms with Crippen molar-refractivity contribution in [1.29, 1.82) is 0 Å². The molecule has 0 aromatic heterocycles. The zero-order chi connectivity index (χ0) is 38.0. The van der Waals surface area contributed by atoms with Crippen LogP contribution in [0, 0.1) is 5.92 Å². The minimum Gasteiger partial charge on any atom is -0.379 e. The molecule has 0 radical (unpaired) electrons. The first kappa shape index (κ1) is 41.6. The number of amidine groups is 1. The van der Waals surface area contributed by atoms with Crippen molar-refractivity contribution < 1.29 is 23.9 Å². The van der Waals surface area contributed by atoms with Crippen LogP contribution in [0.4, 0.5) is 11.4 Å². The van der Waals surface area contributed by atoms with Gasteiger partial charge in [0, 0.05) is 70.6 Å². The lowest BCUT2D eigenvalue weighted by Gasteiger charge is -2.29. The minimum atomic E-state index is -0.329. The van der Waals surface area contributed by atoms with Gasteiger partial charge in [0.15, 0.2) is 0 Å². The van der Waals surface area contributed by atoms with E-state index in [0.717, 1.165) is 54.8 Å². The molecule has 11 nitrogen and oxygen atoms in total. The van der Waals surface area contributed by atoms with Gasteiger partial charge in [-0.25, -0.2) is 4.99 Å². The first-order valence-corrected chi connectivity index (χ1v) is 19.3. The van der Waals surface area contributed by atoms with Gasteiger partial charge in [-0.05, 0) is 86.1 Å². The van der Waals surface area contributed by atoms with Crippen molar-refractivity contribution >= 4 is 58.7 Å². The largest absolute Gasteiger partial charge is 0.379 e. The summed E-state index contributed by atoms with van der Waals surface area (Å²) in [5, 5.41) is 6.08. The van der Waals surface area contributed by atoms with Gasteiger partial charge in [-0.15, -0.1) is 11.6 Å². The van der Waals surface area contributed by atoms with Gasteiger partial charge >= 0.3 is 0 Å². The maximum atomic E-state index is 13.7. The molecule has 0 spiro atoms. The van der Waals surface area contributed by atoms with Crippen molar-refractivity contribution in [2.24, 2.45) is 10.9 Å². The molecular weight excluding hydrogens is 692 g/mol. The fraction of sp³-hybridized carbons (Fsp3) is 0.512. The molecular formula is C41H57ClN6O5. The lowest BCUT2D eigenvalue weighted by atomic mass is 9.85. The maximum Gasteiger partial charge on any atom is 0.278 e. The van der Waals surface area contributed by atoms with E-state index in [1.54, 1.807) is 12.2 Å². The Morgan fingerprint density at radius 3 is 2.04 bits per heavy atom. The van der Waals surface area contributed by atoms with E-state index in [2.05, 4.69) is 15.6 Å². The molecule has 0 bridgehead atoms. The van der Waals surface area contributed by atoms with Gasteiger partial charge in [-0.3, -0.25) is 19.3 Å². The lowest BCUT2D eigenvalue weighted by Crippen LogP contribution is -2.46. The van der Waals surface area contributed by atoms with Gasteiger partial charge in [0.1, 0.15) is 18.1 Å². The first-order chi connectivity index (χ1) is 25.6. The van der Waals surface area contributed by atoms with Crippen molar-refractivity contribution in [3.05, 3.63) is 71.4 Å². The van der Waals surface area contributed by atoms with Crippen LogP contribution in [-0.4, -0.2) is 108 Å². The van der Waals surface area contributed by atoms with Crippen LogP contribution in [0.3, 0.4) is 0 Å². The SMILES string of the molecule is CN(C)c1ccc(/C=C2N=C(/C=C/c3ccc(N(C)C)cc3)N(CC(=O)NC3CCC(C(=O)NCCOCCOCCCCCCCl)CC3)C\2=O)cc1. The molecule has 288 valence electrons. The molecule has 2 aliphatic rings. The quantitative estimate of drug-likeness (QED) is 0.0952. The molecule has 0 saturated heterocycles. The summed E-state index contributed by atoms with van der Waals surface area (Å²) in [4.78, 5) is 49.9. The van der Waals surface area contributed by atoms with Gasteiger partial charge in [0.25, 0.3) is 5.91 Å². The summed E-state index contributed by atoms with van der Waals surface area (Å²) < 4.78 is 11.2. The summed E-state index contributed by atoms with van der Waals surface area (Å²) >= 11 is 5.69. The highest BCUT2D eigenvalue weighted by Gasteiger charge is 2.32. The molecule has 0 unspecified atom stereocenters. The van der Waals surface area contributed by atoms with Crippen molar-refractivity contribution in [1.82, 2.24) is 15.5 Å². The Balaban J connectivity index is 1.24. The Morgan fingerprint density at radius 1 is 0.811 bits per heavy atom. The van der Waals surface area contributed by atoms with Crippen LogP contribution in [-0.2, 0) is 23.9 Å². The normalized spacial score (nSPS) is 18.1. The molecule has 1 saturated carbocycles. The Labute approximate surface area is 320 Å². The smallest absolute Gasteiger partial charge is 0.278 e. The molecule has 1 fully saturated rings. The number of ether oxygens (including phenoxy) is 2. The number of hydrogen-bond acceptors (Lipinski definition) is 8. The minimum absolute atomic E-state index is 0.0221. The van der Waals surface area contributed by atoms with E-state index in [1.807, 2.05) is 92.6 Å². The number of hydrogen-bond donors (Lipinski definition) is 2. The highest BCUT2D eigenvalue weighted by Crippen LogP contribution is 2.25. The zero-order valence-electron chi connectivity index (χ0n) is 31.8. The molecule has 2 aromatic carbocycles. The number of anilines is 2. The van der Waals surface area contributed by atoms with Crippen molar-refractivity contribution in [2.75, 3.05) is 83.4 Å². The number of aliphatic imine (C=N–C) groups is 1. The fourth-order valence-electron chi connectivity index (χ4n) is 6.21. The molecule has 4 rings (SSSR count). The molecule has 3 amide bonds. The summed E-state index contributed by atoms with van der Waals surface area (Å²) in [6, 6.07) is 15.8. The summed E-state index contributed by atoms with van der Waals surface area (Å²) in [6.45, 7) is 2.52. The summed E-state index contributed by atoms with van der Waals surface area (Å²) in [6.07, 6.45) is 12.5. The fourth-order valence-corrected chi connectivity index (χ4v) is 6.40. The number of unbranched alkanes of at least 4 members (excludes halogenated alkanes) is 3. The second-order valence-electron chi connectivity index (χ2n) is 13.9. The molecule has 2 N–H and O–H groups in total. The molecule has 53 heavy (non-hydrogen) atoms. The van der Waals surface area contributed by atoms with Crippen LogP contribution in [0.2, 0.25) is 0 Å². The van der Waals surface area contributed by atoms with Crippen molar-refractivity contribution in [2.45, 2.75) is 57.4 Å². The van der Waals surface area contributed by atoms with Crippen LogP contribution < -0.4 is 20.4 Å². The number of nitrogens with zero attached hydrogens (tertiary/aromatic N) is 4. The van der Waals surface area contributed by atoms with Gasteiger partial charge in [0.2, 0.25) is 11.8 Å². The van der Waals surface area contributed by atoms with E-state index in [9.17, 15) is 14.4 Å².